The Bertz CT molecular complexity index is 586. The highest BCUT2D eigenvalue weighted by molar-refractivity contribution is 6.03. The molecule has 0 unspecified atom stereocenters. The standard InChI is InChI=1S/C18H28N2O2/c1-10(2)15-16(14(6)21)13(5)19-17(15)18(22)20-8-7-11(3)12(4)9-20/h10-12,19H,7-9H2,1-6H3/t11-,12-/m0/s1. The average molecular weight is 304 g/mol. The van der Waals surface area contributed by atoms with E-state index in [2.05, 4.69) is 18.8 Å². The number of nitrogens with zero attached hydrogens (tertiary/aromatic N) is 1. The molecule has 0 bridgehead atoms. The van der Waals surface area contributed by atoms with E-state index in [9.17, 15) is 9.59 Å². The maximum absolute atomic E-state index is 12.9. The van der Waals surface area contributed by atoms with E-state index in [0.717, 1.165) is 30.8 Å². The minimum Gasteiger partial charge on any atom is -0.354 e. The van der Waals surface area contributed by atoms with Gasteiger partial charge in [-0.15, -0.1) is 0 Å². The summed E-state index contributed by atoms with van der Waals surface area (Å²) in [6.07, 6.45) is 1.04. The SMILES string of the molecule is CC(=O)c1c(C)[nH]c(C(=O)N2CC[C@H](C)[C@@H](C)C2)c1C(C)C. The van der Waals surface area contributed by atoms with Crippen molar-refractivity contribution >= 4 is 11.7 Å². The van der Waals surface area contributed by atoms with Gasteiger partial charge in [-0.1, -0.05) is 27.7 Å². The Labute approximate surface area is 133 Å². The molecule has 0 aromatic carbocycles. The number of Topliss-reactive ketones (excluding diaryl/α,β-unsaturated/α-hetero) is 1. The van der Waals surface area contributed by atoms with Crippen molar-refractivity contribution in [3.63, 3.8) is 0 Å². The quantitative estimate of drug-likeness (QED) is 0.864. The molecule has 2 heterocycles. The van der Waals surface area contributed by atoms with Crippen molar-refractivity contribution in [3.05, 3.63) is 22.5 Å². The largest absolute Gasteiger partial charge is 0.354 e. The first-order valence-electron chi connectivity index (χ1n) is 8.26. The molecule has 122 valence electrons. The van der Waals surface area contributed by atoms with Gasteiger partial charge in [-0.05, 0) is 43.6 Å². The van der Waals surface area contributed by atoms with Crippen molar-refractivity contribution in [3.8, 4) is 0 Å². The Balaban J connectivity index is 2.38. The van der Waals surface area contributed by atoms with Crippen LogP contribution < -0.4 is 0 Å². The zero-order valence-electron chi connectivity index (χ0n) is 14.6. The van der Waals surface area contributed by atoms with E-state index in [-0.39, 0.29) is 17.6 Å². The lowest BCUT2D eigenvalue weighted by atomic mass is 9.88. The van der Waals surface area contributed by atoms with Gasteiger partial charge in [0, 0.05) is 24.3 Å². The number of H-pyrrole nitrogens is 1. The van der Waals surface area contributed by atoms with Gasteiger partial charge in [-0.3, -0.25) is 9.59 Å². The Morgan fingerprint density at radius 2 is 1.86 bits per heavy atom. The van der Waals surface area contributed by atoms with Gasteiger partial charge in [-0.25, -0.2) is 0 Å². The van der Waals surface area contributed by atoms with Crippen LogP contribution in [0, 0.1) is 18.8 Å². The number of ketones is 1. The number of likely N-dealkylation sites (tertiary alicyclic amines) is 1. The molecule has 1 aromatic heterocycles. The predicted octanol–water partition coefficient (Wildman–Crippen LogP) is 3.77. The fourth-order valence-corrected chi connectivity index (χ4v) is 3.45. The molecule has 1 aliphatic rings. The lowest BCUT2D eigenvalue weighted by Gasteiger charge is -2.35. The lowest BCUT2D eigenvalue weighted by Crippen LogP contribution is -2.42. The van der Waals surface area contributed by atoms with Crippen LogP contribution in [0.1, 0.15) is 79.1 Å². The number of aryl methyl sites for hydroxylation is 1. The molecule has 1 saturated heterocycles. The summed E-state index contributed by atoms with van der Waals surface area (Å²) in [6, 6.07) is 0. The van der Waals surface area contributed by atoms with Crippen LogP contribution in [0.2, 0.25) is 0 Å². The highest BCUT2D eigenvalue weighted by Crippen LogP contribution is 2.30. The van der Waals surface area contributed by atoms with Gasteiger partial charge in [0.05, 0.1) is 0 Å². The Hall–Kier alpha value is -1.58. The topological polar surface area (TPSA) is 53.2 Å². The van der Waals surface area contributed by atoms with Gasteiger partial charge in [0.1, 0.15) is 5.69 Å². The molecule has 1 N–H and O–H groups in total. The number of amides is 1. The van der Waals surface area contributed by atoms with Gasteiger partial charge >= 0.3 is 0 Å². The summed E-state index contributed by atoms with van der Waals surface area (Å²) in [6.45, 7) is 13.6. The number of nitrogens with one attached hydrogen (secondary N) is 1. The molecule has 4 heteroatoms. The van der Waals surface area contributed by atoms with Crippen LogP contribution in [-0.4, -0.2) is 34.7 Å². The van der Waals surface area contributed by atoms with Crippen molar-refractivity contribution in [1.29, 1.82) is 0 Å². The fourth-order valence-electron chi connectivity index (χ4n) is 3.45. The smallest absolute Gasteiger partial charge is 0.270 e. The monoisotopic (exact) mass is 304 g/mol. The van der Waals surface area contributed by atoms with Gasteiger partial charge < -0.3 is 9.88 Å². The van der Waals surface area contributed by atoms with E-state index in [4.69, 9.17) is 0 Å². The van der Waals surface area contributed by atoms with E-state index in [1.807, 2.05) is 25.7 Å². The molecule has 0 radical (unpaired) electrons. The Morgan fingerprint density at radius 1 is 1.23 bits per heavy atom. The van der Waals surface area contributed by atoms with Crippen LogP contribution in [0.3, 0.4) is 0 Å². The number of hydrogen-bond acceptors (Lipinski definition) is 2. The van der Waals surface area contributed by atoms with Crippen molar-refractivity contribution in [2.24, 2.45) is 11.8 Å². The summed E-state index contributed by atoms with van der Waals surface area (Å²) in [5, 5.41) is 0. The number of hydrogen-bond donors (Lipinski definition) is 1. The second-order valence-corrected chi connectivity index (χ2v) is 7.12. The van der Waals surface area contributed by atoms with Crippen molar-refractivity contribution < 1.29 is 9.59 Å². The van der Waals surface area contributed by atoms with E-state index in [1.54, 1.807) is 6.92 Å². The Morgan fingerprint density at radius 3 is 2.36 bits per heavy atom. The normalized spacial score (nSPS) is 22.2. The zero-order valence-corrected chi connectivity index (χ0v) is 14.6. The second-order valence-electron chi connectivity index (χ2n) is 7.12. The first-order chi connectivity index (χ1) is 10.2. The lowest BCUT2D eigenvalue weighted by molar-refractivity contribution is 0.0620. The maximum atomic E-state index is 12.9. The van der Waals surface area contributed by atoms with Crippen molar-refractivity contribution in [1.82, 2.24) is 9.88 Å². The third-order valence-electron chi connectivity index (χ3n) is 4.99. The van der Waals surface area contributed by atoms with Crippen LogP contribution in [-0.2, 0) is 0 Å². The molecule has 4 nitrogen and oxygen atoms in total. The third-order valence-corrected chi connectivity index (χ3v) is 4.99. The van der Waals surface area contributed by atoms with Gasteiger partial charge in [0.15, 0.2) is 5.78 Å². The molecule has 0 aliphatic carbocycles. The Kier molecular flexibility index (Phi) is 4.78. The van der Waals surface area contributed by atoms with Crippen molar-refractivity contribution in [2.45, 2.75) is 53.9 Å². The van der Waals surface area contributed by atoms with Gasteiger partial charge in [-0.2, -0.15) is 0 Å². The van der Waals surface area contributed by atoms with Crippen LogP contribution in [0.4, 0.5) is 0 Å². The molecular formula is C18H28N2O2. The maximum Gasteiger partial charge on any atom is 0.270 e. The summed E-state index contributed by atoms with van der Waals surface area (Å²) in [5.41, 5.74) is 2.98. The molecule has 22 heavy (non-hydrogen) atoms. The minimum absolute atomic E-state index is 0.0251. The molecule has 1 fully saturated rings. The third kappa shape index (κ3) is 2.96. The molecule has 0 saturated carbocycles. The molecular weight excluding hydrogens is 276 g/mol. The first-order valence-corrected chi connectivity index (χ1v) is 8.26. The van der Waals surface area contributed by atoms with Crippen LogP contribution in [0.15, 0.2) is 0 Å². The predicted molar refractivity (Wildman–Crippen MR) is 88.5 cm³/mol. The van der Waals surface area contributed by atoms with Gasteiger partial charge in [0.2, 0.25) is 0 Å². The van der Waals surface area contributed by atoms with E-state index in [1.165, 1.54) is 0 Å². The van der Waals surface area contributed by atoms with E-state index in [0.29, 0.717) is 23.1 Å². The number of aromatic amines is 1. The van der Waals surface area contributed by atoms with Crippen molar-refractivity contribution in [2.75, 3.05) is 13.1 Å². The number of rotatable bonds is 3. The summed E-state index contributed by atoms with van der Waals surface area (Å²) in [5.74, 6) is 1.38. The summed E-state index contributed by atoms with van der Waals surface area (Å²) in [7, 11) is 0. The number of aromatic nitrogens is 1. The highest BCUT2D eigenvalue weighted by Gasteiger charge is 2.31. The molecule has 2 rings (SSSR count). The summed E-state index contributed by atoms with van der Waals surface area (Å²) < 4.78 is 0. The summed E-state index contributed by atoms with van der Waals surface area (Å²) in [4.78, 5) is 30.0. The van der Waals surface area contributed by atoms with Crippen LogP contribution in [0.25, 0.3) is 0 Å². The first kappa shape index (κ1) is 16.8. The number of carbonyl (C=O) groups excluding carboxylic acids is 2. The van der Waals surface area contributed by atoms with Crippen LogP contribution >= 0.6 is 0 Å². The minimum atomic E-state index is 0.0251. The summed E-state index contributed by atoms with van der Waals surface area (Å²) >= 11 is 0. The zero-order chi connectivity index (χ0) is 16.6. The number of carbonyl (C=O) groups is 2. The second kappa shape index (κ2) is 6.27. The van der Waals surface area contributed by atoms with Crippen LogP contribution in [0.5, 0.6) is 0 Å². The molecule has 1 amide bonds. The molecule has 1 aliphatic heterocycles. The van der Waals surface area contributed by atoms with Gasteiger partial charge in [0.25, 0.3) is 5.91 Å². The fraction of sp³-hybridized carbons (Fsp3) is 0.667. The molecule has 1 aromatic rings. The molecule has 2 atom stereocenters. The highest BCUT2D eigenvalue weighted by atomic mass is 16.2. The van der Waals surface area contributed by atoms with E-state index < -0.39 is 0 Å². The average Bonchev–Trinajstić information content (AvgIpc) is 2.79. The number of piperidine rings is 1. The van der Waals surface area contributed by atoms with E-state index >= 15 is 0 Å². The molecule has 0 spiro atoms.